The first-order valence-electron chi connectivity index (χ1n) is 5.41. The van der Waals surface area contributed by atoms with Gasteiger partial charge >= 0.3 is 6.18 Å². The van der Waals surface area contributed by atoms with Gasteiger partial charge in [-0.3, -0.25) is 0 Å². The summed E-state index contributed by atoms with van der Waals surface area (Å²) in [7, 11) is 0. The molecule has 0 saturated heterocycles. The number of aromatic nitrogens is 1. The Bertz CT molecular complexity index is 366. The maximum Gasteiger partial charge on any atom is 0.417 e. The van der Waals surface area contributed by atoms with Crippen molar-refractivity contribution in [2.45, 2.75) is 32.4 Å². The number of rotatable bonds is 5. The van der Waals surface area contributed by atoms with Crippen LogP contribution in [0.2, 0.25) is 5.02 Å². The highest BCUT2D eigenvalue weighted by Gasteiger charge is 2.31. The van der Waals surface area contributed by atoms with Gasteiger partial charge in [0.05, 0.1) is 10.6 Å². The van der Waals surface area contributed by atoms with Crippen LogP contribution in [0.5, 0.6) is 0 Å². The number of anilines is 1. The molecule has 0 aliphatic carbocycles. The number of hydrogen-bond acceptors (Lipinski definition) is 2. The van der Waals surface area contributed by atoms with Gasteiger partial charge in [0, 0.05) is 12.7 Å². The molecule has 1 aromatic heterocycles. The minimum Gasteiger partial charge on any atom is -0.369 e. The molecule has 1 rings (SSSR count). The summed E-state index contributed by atoms with van der Waals surface area (Å²) in [5.41, 5.74) is -0.832. The van der Waals surface area contributed by atoms with Gasteiger partial charge in [0.1, 0.15) is 5.82 Å². The zero-order valence-electron chi connectivity index (χ0n) is 9.44. The van der Waals surface area contributed by atoms with E-state index in [0.717, 1.165) is 31.5 Å². The van der Waals surface area contributed by atoms with Crippen LogP contribution in [-0.4, -0.2) is 11.5 Å². The Labute approximate surface area is 103 Å². The molecule has 0 aliphatic rings. The van der Waals surface area contributed by atoms with Crippen molar-refractivity contribution in [3.63, 3.8) is 0 Å². The van der Waals surface area contributed by atoms with Crippen LogP contribution in [0, 0.1) is 0 Å². The van der Waals surface area contributed by atoms with E-state index in [4.69, 9.17) is 11.6 Å². The van der Waals surface area contributed by atoms with Gasteiger partial charge in [-0.15, -0.1) is 0 Å². The first-order valence-corrected chi connectivity index (χ1v) is 5.79. The third kappa shape index (κ3) is 4.42. The maximum absolute atomic E-state index is 12.3. The van der Waals surface area contributed by atoms with Gasteiger partial charge in [0.25, 0.3) is 0 Å². The molecule has 1 aromatic rings. The topological polar surface area (TPSA) is 24.9 Å². The number of nitrogens with one attached hydrogen (secondary N) is 1. The van der Waals surface area contributed by atoms with E-state index in [0.29, 0.717) is 12.4 Å². The van der Waals surface area contributed by atoms with Crippen molar-refractivity contribution in [3.05, 3.63) is 22.8 Å². The summed E-state index contributed by atoms with van der Waals surface area (Å²) in [4.78, 5) is 3.68. The lowest BCUT2D eigenvalue weighted by atomic mass is 10.2. The normalized spacial score (nSPS) is 11.6. The van der Waals surface area contributed by atoms with Gasteiger partial charge in [-0.05, 0) is 12.5 Å². The van der Waals surface area contributed by atoms with Gasteiger partial charge in [0.15, 0.2) is 0 Å². The van der Waals surface area contributed by atoms with Crippen LogP contribution < -0.4 is 5.32 Å². The van der Waals surface area contributed by atoms with Crippen molar-refractivity contribution < 1.29 is 13.2 Å². The predicted molar refractivity (Wildman–Crippen MR) is 62.3 cm³/mol. The molecule has 0 amide bonds. The van der Waals surface area contributed by atoms with Gasteiger partial charge in [-0.2, -0.15) is 13.2 Å². The summed E-state index contributed by atoms with van der Waals surface area (Å²) >= 11 is 5.72. The zero-order chi connectivity index (χ0) is 12.9. The molecule has 6 heteroatoms. The van der Waals surface area contributed by atoms with Crippen LogP contribution in [0.25, 0.3) is 0 Å². The van der Waals surface area contributed by atoms with E-state index in [2.05, 4.69) is 17.2 Å². The van der Waals surface area contributed by atoms with Crippen molar-refractivity contribution in [3.8, 4) is 0 Å². The SMILES string of the molecule is CCCCCNc1ncc(C(F)(F)F)cc1Cl. The van der Waals surface area contributed by atoms with Crippen LogP contribution in [-0.2, 0) is 6.18 Å². The largest absolute Gasteiger partial charge is 0.417 e. The van der Waals surface area contributed by atoms with Gasteiger partial charge in [-0.25, -0.2) is 4.98 Å². The molecule has 0 unspecified atom stereocenters. The smallest absolute Gasteiger partial charge is 0.369 e. The first kappa shape index (κ1) is 14.1. The number of hydrogen-bond donors (Lipinski definition) is 1. The van der Waals surface area contributed by atoms with E-state index in [9.17, 15) is 13.2 Å². The van der Waals surface area contributed by atoms with E-state index < -0.39 is 11.7 Å². The lowest BCUT2D eigenvalue weighted by Gasteiger charge is -2.10. The van der Waals surface area contributed by atoms with Crippen LogP contribution in [0.15, 0.2) is 12.3 Å². The summed E-state index contributed by atoms with van der Waals surface area (Å²) < 4.78 is 37.0. The standard InChI is InChI=1S/C11H14ClF3N2/c1-2-3-4-5-16-10-9(12)6-8(7-17-10)11(13,14)15/h6-7H,2-5H2,1H3,(H,16,17). The van der Waals surface area contributed by atoms with Crippen LogP contribution >= 0.6 is 11.6 Å². The van der Waals surface area contributed by atoms with Crippen molar-refractivity contribution in [2.24, 2.45) is 0 Å². The van der Waals surface area contributed by atoms with E-state index in [1.807, 2.05) is 0 Å². The fourth-order valence-electron chi connectivity index (χ4n) is 1.30. The highest BCUT2D eigenvalue weighted by Crippen LogP contribution is 2.32. The molecule has 0 atom stereocenters. The second-order valence-corrected chi connectivity index (χ2v) is 4.09. The fraction of sp³-hybridized carbons (Fsp3) is 0.545. The molecule has 0 saturated carbocycles. The lowest BCUT2D eigenvalue weighted by molar-refractivity contribution is -0.137. The Balaban J connectivity index is 2.64. The quantitative estimate of drug-likeness (QED) is 0.801. The molecule has 2 nitrogen and oxygen atoms in total. The number of pyridine rings is 1. The summed E-state index contributed by atoms with van der Waals surface area (Å²) in [6, 6.07) is 0.886. The molecule has 0 aliphatic heterocycles. The minimum atomic E-state index is -4.41. The number of nitrogens with zero attached hydrogens (tertiary/aromatic N) is 1. The van der Waals surface area contributed by atoms with Crippen molar-refractivity contribution in [1.29, 1.82) is 0 Å². The highest BCUT2D eigenvalue weighted by atomic mass is 35.5. The molecule has 0 fully saturated rings. The number of halogens is 4. The van der Waals surface area contributed by atoms with Crippen LogP contribution in [0.3, 0.4) is 0 Å². The second kappa shape index (κ2) is 6.10. The third-order valence-electron chi connectivity index (χ3n) is 2.24. The minimum absolute atomic E-state index is 0.00340. The van der Waals surface area contributed by atoms with Gasteiger partial charge < -0.3 is 5.32 Å². The van der Waals surface area contributed by atoms with Gasteiger partial charge in [0.2, 0.25) is 0 Å². The monoisotopic (exact) mass is 266 g/mol. The number of unbranched alkanes of at least 4 members (excludes halogenated alkanes) is 2. The average molecular weight is 267 g/mol. The van der Waals surface area contributed by atoms with E-state index in [1.54, 1.807) is 0 Å². The molecule has 96 valence electrons. The van der Waals surface area contributed by atoms with Gasteiger partial charge in [-0.1, -0.05) is 31.4 Å². The molecule has 0 aromatic carbocycles. The maximum atomic E-state index is 12.3. The summed E-state index contributed by atoms with van der Waals surface area (Å²) in [6.07, 6.45) is -0.540. The molecule has 1 N–H and O–H groups in total. The third-order valence-corrected chi connectivity index (χ3v) is 2.53. The molecule has 0 bridgehead atoms. The summed E-state index contributed by atoms with van der Waals surface area (Å²) in [6.45, 7) is 2.73. The first-order chi connectivity index (χ1) is 7.95. The summed E-state index contributed by atoms with van der Waals surface area (Å²) in [5.74, 6) is 0.302. The average Bonchev–Trinajstić information content (AvgIpc) is 2.24. The lowest BCUT2D eigenvalue weighted by Crippen LogP contribution is -2.08. The Morgan fingerprint density at radius 3 is 2.59 bits per heavy atom. The van der Waals surface area contributed by atoms with Crippen LogP contribution in [0.4, 0.5) is 19.0 Å². The highest BCUT2D eigenvalue weighted by molar-refractivity contribution is 6.32. The van der Waals surface area contributed by atoms with Crippen molar-refractivity contribution >= 4 is 17.4 Å². The van der Waals surface area contributed by atoms with E-state index in [-0.39, 0.29) is 5.02 Å². The van der Waals surface area contributed by atoms with Crippen molar-refractivity contribution in [2.75, 3.05) is 11.9 Å². The molecule has 17 heavy (non-hydrogen) atoms. The van der Waals surface area contributed by atoms with E-state index in [1.165, 1.54) is 0 Å². The zero-order valence-corrected chi connectivity index (χ0v) is 10.2. The molecule has 0 radical (unpaired) electrons. The van der Waals surface area contributed by atoms with Crippen molar-refractivity contribution in [1.82, 2.24) is 4.98 Å². The Morgan fingerprint density at radius 2 is 2.06 bits per heavy atom. The second-order valence-electron chi connectivity index (χ2n) is 3.69. The Morgan fingerprint density at radius 1 is 1.35 bits per heavy atom. The predicted octanol–water partition coefficient (Wildman–Crippen LogP) is 4.36. The number of alkyl halides is 3. The molecule has 0 spiro atoms. The fourth-order valence-corrected chi connectivity index (χ4v) is 1.54. The Kier molecular flexibility index (Phi) is 5.05. The van der Waals surface area contributed by atoms with Crippen LogP contribution in [0.1, 0.15) is 31.7 Å². The van der Waals surface area contributed by atoms with E-state index >= 15 is 0 Å². The molecule has 1 heterocycles. The Hall–Kier alpha value is -0.970. The molecular weight excluding hydrogens is 253 g/mol. The summed E-state index contributed by atoms with van der Waals surface area (Å²) in [5, 5.41) is 2.91. The molecular formula is C11H14ClF3N2.